The van der Waals surface area contributed by atoms with Crippen molar-refractivity contribution in [3.05, 3.63) is 0 Å². The largest absolute Gasteiger partial charge is 0.378 e. The molecule has 1 N–H and O–H groups in total. The lowest BCUT2D eigenvalue weighted by Gasteiger charge is -2.26. The van der Waals surface area contributed by atoms with Crippen LogP contribution in [0.2, 0.25) is 0 Å². The minimum absolute atomic E-state index is 0. The third-order valence-electron chi connectivity index (χ3n) is 4.34. The smallest absolute Gasteiger partial charge is 0.158 e. The van der Waals surface area contributed by atoms with Gasteiger partial charge in [-0.3, -0.25) is 9.59 Å². The molecule has 5 nitrogen and oxygen atoms in total. The maximum absolute atomic E-state index is 11.0. The maximum Gasteiger partial charge on any atom is 0.158 e. The van der Waals surface area contributed by atoms with Crippen molar-refractivity contribution in [1.82, 2.24) is 5.32 Å². The second-order valence-corrected chi connectivity index (χ2v) is 7.39. The van der Waals surface area contributed by atoms with Crippen LogP contribution in [-0.2, 0) is 19.1 Å². The van der Waals surface area contributed by atoms with Gasteiger partial charge in [0.2, 0.25) is 0 Å². The van der Waals surface area contributed by atoms with Gasteiger partial charge in [-0.2, -0.15) is 0 Å². The SMILES string of the molecule is CC.CCC(C)C(C)=O.CCCCC(C)(C)NCCOCCOCC(=O)CC.[HH]. The zero-order valence-corrected chi connectivity index (χ0v) is 20.3. The van der Waals surface area contributed by atoms with Crippen LogP contribution < -0.4 is 5.32 Å². The molecule has 0 aliphatic carbocycles. The van der Waals surface area contributed by atoms with E-state index in [1.165, 1.54) is 19.3 Å². The van der Waals surface area contributed by atoms with Crippen molar-refractivity contribution in [3.63, 3.8) is 0 Å². The molecule has 1 unspecified atom stereocenters. The minimum Gasteiger partial charge on any atom is -0.378 e. The number of carbonyl (C=O) groups is 2. The molecule has 5 heteroatoms. The number of hydrogen-bond donors (Lipinski definition) is 1. The number of carbonyl (C=O) groups excluding carboxylic acids is 2. The fourth-order valence-electron chi connectivity index (χ4n) is 1.96. The van der Waals surface area contributed by atoms with Gasteiger partial charge in [-0.05, 0) is 33.6 Å². The van der Waals surface area contributed by atoms with Gasteiger partial charge in [-0.25, -0.2) is 0 Å². The van der Waals surface area contributed by atoms with E-state index < -0.39 is 0 Å². The van der Waals surface area contributed by atoms with Crippen molar-refractivity contribution < 1.29 is 20.5 Å². The summed E-state index contributed by atoms with van der Waals surface area (Å²) >= 11 is 0. The Hall–Kier alpha value is -0.780. The molecular formula is C23H51NO4. The summed E-state index contributed by atoms with van der Waals surface area (Å²) in [6.45, 7) is 20.9. The molecule has 0 heterocycles. The molecule has 28 heavy (non-hydrogen) atoms. The predicted molar refractivity (Wildman–Crippen MR) is 122 cm³/mol. The van der Waals surface area contributed by atoms with Crippen LogP contribution in [0.4, 0.5) is 0 Å². The molecular weight excluding hydrogens is 354 g/mol. The molecule has 0 saturated carbocycles. The van der Waals surface area contributed by atoms with Crippen molar-refractivity contribution in [1.29, 1.82) is 0 Å². The van der Waals surface area contributed by atoms with Gasteiger partial charge >= 0.3 is 0 Å². The Kier molecular flexibility index (Phi) is 25.6. The Morgan fingerprint density at radius 1 is 1.04 bits per heavy atom. The van der Waals surface area contributed by atoms with Crippen LogP contribution in [-0.4, -0.2) is 50.1 Å². The molecule has 0 bridgehead atoms. The topological polar surface area (TPSA) is 64.6 Å². The normalized spacial score (nSPS) is 11.6. The molecule has 0 spiro atoms. The molecule has 1 atom stereocenters. The molecule has 0 aliphatic rings. The minimum atomic E-state index is 0. The highest BCUT2D eigenvalue weighted by molar-refractivity contribution is 5.79. The summed E-state index contributed by atoms with van der Waals surface area (Å²) in [7, 11) is 0. The van der Waals surface area contributed by atoms with Crippen LogP contribution in [0.3, 0.4) is 0 Å². The second kappa shape index (κ2) is 22.5. The van der Waals surface area contributed by atoms with Crippen molar-refractivity contribution >= 4 is 11.6 Å². The summed E-state index contributed by atoms with van der Waals surface area (Å²) in [4.78, 5) is 21.3. The number of nitrogens with one attached hydrogen (secondary N) is 1. The van der Waals surface area contributed by atoms with E-state index in [2.05, 4.69) is 26.1 Å². The van der Waals surface area contributed by atoms with Crippen molar-refractivity contribution in [2.24, 2.45) is 5.92 Å². The highest BCUT2D eigenvalue weighted by Gasteiger charge is 2.15. The van der Waals surface area contributed by atoms with Crippen molar-refractivity contribution in [2.45, 2.75) is 100.0 Å². The van der Waals surface area contributed by atoms with Gasteiger partial charge in [-0.15, -0.1) is 0 Å². The Morgan fingerprint density at radius 2 is 1.61 bits per heavy atom. The Bertz CT molecular complexity index is 363. The zero-order valence-electron chi connectivity index (χ0n) is 20.3. The van der Waals surface area contributed by atoms with Crippen LogP contribution in [0.25, 0.3) is 0 Å². The van der Waals surface area contributed by atoms with E-state index in [1.54, 1.807) is 6.92 Å². The second-order valence-electron chi connectivity index (χ2n) is 7.39. The third-order valence-corrected chi connectivity index (χ3v) is 4.34. The first kappa shape index (κ1) is 31.9. The first-order chi connectivity index (χ1) is 13.2. The predicted octanol–water partition coefficient (Wildman–Crippen LogP) is 5.45. The number of ether oxygens (including phenoxy) is 2. The van der Waals surface area contributed by atoms with Crippen LogP contribution in [0.1, 0.15) is 95.8 Å². The summed E-state index contributed by atoms with van der Waals surface area (Å²) < 4.78 is 10.6. The molecule has 0 aliphatic heterocycles. The summed E-state index contributed by atoms with van der Waals surface area (Å²) in [6, 6.07) is 0. The van der Waals surface area contributed by atoms with Gasteiger partial charge in [0, 0.05) is 25.8 Å². The Morgan fingerprint density at radius 3 is 2.04 bits per heavy atom. The first-order valence-electron chi connectivity index (χ1n) is 11.1. The number of hydrogen-bond acceptors (Lipinski definition) is 5. The fourth-order valence-corrected chi connectivity index (χ4v) is 1.96. The highest BCUT2D eigenvalue weighted by atomic mass is 16.5. The average Bonchev–Trinajstić information content (AvgIpc) is 2.69. The molecule has 0 radical (unpaired) electrons. The quantitative estimate of drug-likeness (QED) is 0.367. The summed E-state index contributed by atoms with van der Waals surface area (Å²) in [5.41, 5.74) is 0.184. The standard InChI is InChI=1S/C15H31NO3.C6H12O.C2H6.H2/c1-5-7-8-15(3,4)16-9-10-18-11-12-19-13-14(17)6-2;1-4-5(2)6(3)7;1-2;/h16H,5-13H2,1-4H3;5H,4H2,1-3H3;1-2H3;1H. The molecule has 172 valence electrons. The van der Waals surface area contributed by atoms with Gasteiger partial charge < -0.3 is 14.8 Å². The van der Waals surface area contributed by atoms with E-state index in [4.69, 9.17) is 9.47 Å². The third kappa shape index (κ3) is 25.2. The highest BCUT2D eigenvalue weighted by Crippen LogP contribution is 2.11. The lowest BCUT2D eigenvalue weighted by Crippen LogP contribution is -2.41. The van der Waals surface area contributed by atoms with Crippen molar-refractivity contribution in [2.75, 3.05) is 33.0 Å². The van der Waals surface area contributed by atoms with Gasteiger partial charge in [0.25, 0.3) is 0 Å². The summed E-state index contributed by atoms with van der Waals surface area (Å²) in [5, 5.41) is 3.49. The van der Waals surface area contributed by atoms with E-state index >= 15 is 0 Å². The van der Waals surface area contributed by atoms with E-state index in [1.807, 2.05) is 34.6 Å². The maximum atomic E-state index is 11.0. The molecule has 0 aromatic carbocycles. The lowest BCUT2D eigenvalue weighted by atomic mass is 9.97. The Balaban J connectivity index is -0.000000264. The van der Waals surface area contributed by atoms with Crippen LogP contribution >= 0.6 is 0 Å². The van der Waals surface area contributed by atoms with Crippen molar-refractivity contribution in [3.8, 4) is 0 Å². The van der Waals surface area contributed by atoms with Gasteiger partial charge in [0.1, 0.15) is 12.4 Å². The van der Waals surface area contributed by atoms with Gasteiger partial charge in [0.05, 0.1) is 19.8 Å². The van der Waals surface area contributed by atoms with Crippen LogP contribution in [0, 0.1) is 5.92 Å². The van der Waals surface area contributed by atoms with Gasteiger partial charge in [0.15, 0.2) is 5.78 Å². The zero-order chi connectivity index (χ0) is 22.4. The van der Waals surface area contributed by atoms with Crippen LogP contribution in [0.5, 0.6) is 0 Å². The molecule has 0 saturated heterocycles. The number of Topliss-reactive ketones (excluding diaryl/α,β-unsaturated/α-hetero) is 2. The first-order valence-corrected chi connectivity index (χ1v) is 11.1. The molecule has 0 aromatic rings. The summed E-state index contributed by atoms with van der Waals surface area (Å²) in [5.74, 6) is 0.696. The summed E-state index contributed by atoms with van der Waals surface area (Å²) in [6.07, 6.45) is 5.17. The molecule has 0 aromatic heterocycles. The van der Waals surface area contributed by atoms with E-state index in [0.29, 0.717) is 32.0 Å². The van der Waals surface area contributed by atoms with E-state index in [0.717, 1.165) is 13.0 Å². The van der Waals surface area contributed by atoms with Gasteiger partial charge in [-0.1, -0.05) is 54.4 Å². The monoisotopic (exact) mass is 405 g/mol. The number of ketones is 2. The molecule has 0 rings (SSSR count). The van der Waals surface area contributed by atoms with Crippen LogP contribution in [0.15, 0.2) is 0 Å². The number of rotatable bonds is 15. The van der Waals surface area contributed by atoms with E-state index in [-0.39, 0.29) is 25.3 Å². The molecule has 0 fully saturated rings. The molecule has 0 amide bonds. The van der Waals surface area contributed by atoms with E-state index in [9.17, 15) is 9.59 Å². The lowest BCUT2D eigenvalue weighted by molar-refractivity contribution is -0.123. The number of unbranched alkanes of at least 4 members (excludes halogenated alkanes) is 1. The average molecular weight is 406 g/mol. The Labute approximate surface area is 176 Å². The fraction of sp³-hybridized carbons (Fsp3) is 0.913.